The highest BCUT2D eigenvalue weighted by Gasteiger charge is 2.53. The third-order valence-corrected chi connectivity index (χ3v) is 3.78. The van der Waals surface area contributed by atoms with Gasteiger partial charge in [-0.25, -0.2) is 0 Å². The van der Waals surface area contributed by atoms with E-state index in [2.05, 4.69) is 5.32 Å². The van der Waals surface area contributed by atoms with Gasteiger partial charge in [-0.2, -0.15) is 5.26 Å². The summed E-state index contributed by atoms with van der Waals surface area (Å²) in [5, 5.41) is 11.8. The maximum Gasteiger partial charge on any atom is 0.239 e. The summed E-state index contributed by atoms with van der Waals surface area (Å²) in [6.45, 7) is 4.11. The number of carbonyl (C=O) groups is 1. The minimum atomic E-state index is -0.889. The lowest BCUT2D eigenvalue weighted by Crippen LogP contribution is -2.39. The SMILES string of the molecule is CC(C)(C#N)C(=O)NCC1(C2CC2)CC1. The molecule has 0 aromatic heterocycles. The minimum Gasteiger partial charge on any atom is -0.354 e. The number of nitrogens with one attached hydrogen (secondary N) is 1. The first-order chi connectivity index (χ1) is 7.00. The van der Waals surface area contributed by atoms with Crippen molar-refractivity contribution in [3.8, 4) is 6.07 Å². The van der Waals surface area contributed by atoms with Gasteiger partial charge in [-0.1, -0.05) is 0 Å². The maximum atomic E-state index is 11.7. The standard InChI is InChI=1S/C12H18N2O/c1-11(2,7-13)10(15)14-8-12(5-6-12)9-3-4-9/h9H,3-6,8H2,1-2H3,(H,14,15). The third-order valence-electron chi connectivity index (χ3n) is 3.78. The summed E-state index contributed by atoms with van der Waals surface area (Å²) in [5.41, 5.74) is -0.471. The van der Waals surface area contributed by atoms with Crippen LogP contribution in [-0.4, -0.2) is 12.5 Å². The Labute approximate surface area is 90.8 Å². The lowest BCUT2D eigenvalue weighted by molar-refractivity contribution is -0.127. The van der Waals surface area contributed by atoms with Crippen LogP contribution in [0.5, 0.6) is 0 Å². The lowest BCUT2D eigenvalue weighted by atomic mass is 9.93. The Morgan fingerprint density at radius 2 is 2.13 bits per heavy atom. The van der Waals surface area contributed by atoms with E-state index in [1.54, 1.807) is 13.8 Å². The van der Waals surface area contributed by atoms with Crippen LogP contribution in [0.1, 0.15) is 39.5 Å². The number of nitriles is 1. The lowest BCUT2D eigenvalue weighted by Gasteiger charge is -2.19. The average molecular weight is 206 g/mol. The van der Waals surface area contributed by atoms with E-state index < -0.39 is 5.41 Å². The van der Waals surface area contributed by atoms with Gasteiger partial charge in [-0.3, -0.25) is 4.79 Å². The zero-order valence-electron chi connectivity index (χ0n) is 9.47. The molecule has 0 aromatic rings. The first-order valence-corrected chi connectivity index (χ1v) is 5.70. The number of hydrogen-bond acceptors (Lipinski definition) is 2. The van der Waals surface area contributed by atoms with Crippen LogP contribution < -0.4 is 5.32 Å². The third kappa shape index (κ3) is 1.99. The topological polar surface area (TPSA) is 52.9 Å². The molecule has 82 valence electrons. The Morgan fingerprint density at radius 3 is 2.53 bits per heavy atom. The summed E-state index contributed by atoms with van der Waals surface area (Å²) in [4.78, 5) is 11.7. The Balaban J connectivity index is 1.84. The molecule has 3 heteroatoms. The van der Waals surface area contributed by atoms with Gasteiger partial charge in [0.15, 0.2) is 0 Å². The molecule has 2 rings (SSSR count). The van der Waals surface area contributed by atoms with Gasteiger partial charge >= 0.3 is 0 Å². The molecule has 0 saturated heterocycles. The van der Waals surface area contributed by atoms with Crippen LogP contribution in [0.25, 0.3) is 0 Å². The maximum absolute atomic E-state index is 11.7. The van der Waals surface area contributed by atoms with Crippen molar-refractivity contribution in [2.45, 2.75) is 39.5 Å². The van der Waals surface area contributed by atoms with Crippen molar-refractivity contribution in [3.63, 3.8) is 0 Å². The van der Waals surface area contributed by atoms with Crippen LogP contribution >= 0.6 is 0 Å². The second-order valence-electron chi connectivity index (χ2n) is 5.56. The number of carbonyl (C=O) groups excluding carboxylic acids is 1. The molecule has 0 radical (unpaired) electrons. The van der Waals surface area contributed by atoms with Gasteiger partial charge in [0.05, 0.1) is 6.07 Å². The quantitative estimate of drug-likeness (QED) is 0.763. The van der Waals surface area contributed by atoms with E-state index in [0.29, 0.717) is 5.41 Å². The summed E-state index contributed by atoms with van der Waals surface area (Å²) in [5.74, 6) is 0.722. The summed E-state index contributed by atoms with van der Waals surface area (Å²) in [6.07, 6.45) is 5.17. The van der Waals surface area contributed by atoms with Crippen molar-refractivity contribution in [2.24, 2.45) is 16.7 Å². The Bertz CT molecular complexity index is 319. The number of nitrogens with zero attached hydrogens (tertiary/aromatic N) is 1. The predicted octanol–water partition coefficient (Wildman–Crippen LogP) is 1.84. The molecule has 0 aromatic carbocycles. The fourth-order valence-corrected chi connectivity index (χ4v) is 2.11. The molecule has 2 aliphatic rings. The van der Waals surface area contributed by atoms with Crippen LogP contribution in [-0.2, 0) is 4.79 Å². The van der Waals surface area contributed by atoms with E-state index in [0.717, 1.165) is 12.5 Å². The normalized spacial score (nSPS) is 23.0. The monoisotopic (exact) mass is 206 g/mol. The van der Waals surface area contributed by atoms with Crippen LogP contribution in [0, 0.1) is 28.1 Å². The first-order valence-electron chi connectivity index (χ1n) is 5.70. The van der Waals surface area contributed by atoms with E-state index in [9.17, 15) is 4.79 Å². The molecule has 0 atom stereocenters. The van der Waals surface area contributed by atoms with Gasteiger partial charge in [-0.05, 0) is 50.9 Å². The molecule has 2 fully saturated rings. The zero-order chi connectivity index (χ0) is 11.1. The molecule has 0 aliphatic heterocycles. The van der Waals surface area contributed by atoms with Crippen LogP contribution in [0.2, 0.25) is 0 Å². The summed E-state index contributed by atoms with van der Waals surface area (Å²) >= 11 is 0. The summed E-state index contributed by atoms with van der Waals surface area (Å²) < 4.78 is 0. The van der Waals surface area contributed by atoms with Crippen molar-refractivity contribution in [1.29, 1.82) is 5.26 Å². The van der Waals surface area contributed by atoms with Crippen molar-refractivity contribution < 1.29 is 4.79 Å². The molecule has 15 heavy (non-hydrogen) atoms. The van der Waals surface area contributed by atoms with Crippen LogP contribution in [0.3, 0.4) is 0 Å². The smallest absolute Gasteiger partial charge is 0.239 e. The van der Waals surface area contributed by atoms with E-state index in [1.165, 1.54) is 25.7 Å². The van der Waals surface area contributed by atoms with Crippen LogP contribution in [0.15, 0.2) is 0 Å². The minimum absolute atomic E-state index is 0.128. The van der Waals surface area contributed by atoms with E-state index in [4.69, 9.17) is 5.26 Å². The molecule has 0 unspecified atom stereocenters. The molecule has 0 bridgehead atoms. The molecule has 2 aliphatic carbocycles. The molecule has 2 saturated carbocycles. The Kier molecular flexibility index (Phi) is 2.26. The second kappa shape index (κ2) is 3.23. The van der Waals surface area contributed by atoms with E-state index >= 15 is 0 Å². The van der Waals surface area contributed by atoms with Crippen molar-refractivity contribution in [1.82, 2.24) is 5.32 Å². The number of hydrogen-bond donors (Lipinski definition) is 1. The van der Waals surface area contributed by atoms with Crippen molar-refractivity contribution in [3.05, 3.63) is 0 Å². The molecule has 3 nitrogen and oxygen atoms in total. The molecular formula is C12H18N2O. The Morgan fingerprint density at radius 1 is 1.53 bits per heavy atom. The molecule has 1 amide bonds. The van der Waals surface area contributed by atoms with Crippen molar-refractivity contribution in [2.75, 3.05) is 6.54 Å². The fraction of sp³-hybridized carbons (Fsp3) is 0.833. The highest BCUT2D eigenvalue weighted by atomic mass is 16.2. The number of rotatable bonds is 4. The molecule has 0 spiro atoms. The summed E-state index contributed by atoms with van der Waals surface area (Å²) in [7, 11) is 0. The molecule has 1 N–H and O–H groups in total. The van der Waals surface area contributed by atoms with Gasteiger partial charge in [0.1, 0.15) is 5.41 Å². The zero-order valence-corrected chi connectivity index (χ0v) is 9.47. The average Bonchev–Trinajstić information content (AvgIpc) is 3.02. The van der Waals surface area contributed by atoms with E-state index in [1.807, 2.05) is 6.07 Å². The second-order valence-corrected chi connectivity index (χ2v) is 5.56. The fourth-order valence-electron chi connectivity index (χ4n) is 2.11. The van der Waals surface area contributed by atoms with Crippen molar-refractivity contribution >= 4 is 5.91 Å². The van der Waals surface area contributed by atoms with Gasteiger partial charge in [0, 0.05) is 6.54 Å². The predicted molar refractivity (Wildman–Crippen MR) is 56.8 cm³/mol. The number of amides is 1. The highest BCUT2D eigenvalue weighted by molar-refractivity contribution is 5.84. The Hall–Kier alpha value is -1.04. The van der Waals surface area contributed by atoms with Gasteiger partial charge < -0.3 is 5.32 Å². The van der Waals surface area contributed by atoms with Gasteiger partial charge in [0.25, 0.3) is 0 Å². The highest BCUT2D eigenvalue weighted by Crippen LogP contribution is 2.60. The molecular weight excluding hydrogens is 188 g/mol. The van der Waals surface area contributed by atoms with Gasteiger partial charge in [-0.15, -0.1) is 0 Å². The summed E-state index contributed by atoms with van der Waals surface area (Å²) in [6, 6.07) is 2.03. The molecule has 0 heterocycles. The largest absolute Gasteiger partial charge is 0.354 e. The van der Waals surface area contributed by atoms with Crippen LogP contribution in [0.4, 0.5) is 0 Å². The first kappa shape index (κ1) is 10.5. The van der Waals surface area contributed by atoms with E-state index in [-0.39, 0.29) is 5.91 Å². The van der Waals surface area contributed by atoms with Gasteiger partial charge in [0.2, 0.25) is 5.91 Å².